The van der Waals surface area contributed by atoms with Gasteiger partial charge >= 0.3 is 0 Å². The van der Waals surface area contributed by atoms with Gasteiger partial charge in [-0.25, -0.2) is 0 Å². The smallest absolute Gasteiger partial charge is 0.127 e. The molecule has 1 aliphatic rings. The standard InChI is InChI=1S/C12H24N2O/c1-4-12(3,11-15)10-14-8-6-13(5-2)7-9-14/h11H,4-10H2,1-3H3. The lowest BCUT2D eigenvalue weighted by Crippen LogP contribution is -2.49. The van der Waals surface area contributed by atoms with Gasteiger partial charge in [0.15, 0.2) is 0 Å². The molecular weight excluding hydrogens is 188 g/mol. The van der Waals surface area contributed by atoms with Crippen molar-refractivity contribution < 1.29 is 4.79 Å². The Morgan fingerprint density at radius 3 is 2.07 bits per heavy atom. The van der Waals surface area contributed by atoms with Gasteiger partial charge in [-0.3, -0.25) is 4.90 Å². The zero-order chi connectivity index (χ0) is 11.3. The highest BCUT2D eigenvalue weighted by Crippen LogP contribution is 2.20. The summed E-state index contributed by atoms with van der Waals surface area (Å²) in [5.41, 5.74) is -0.144. The summed E-state index contributed by atoms with van der Waals surface area (Å²) in [4.78, 5) is 15.9. The summed E-state index contributed by atoms with van der Waals surface area (Å²) >= 11 is 0. The molecule has 3 nitrogen and oxygen atoms in total. The third-order valence-electron chi connectivity index (χ3n) is 3.59. The van der Waals surface area contributed by atoms with Crippen LogP contribution in [-0.4, -0.2) is 55.4 Å². The number of carbonyl (C=O) groups is 1. The molecule has 0 aromatic carbocycles. The average Bonchev–Trinajstić information content (AvgIpc) is 2.30. The van der Waals surface area contributed by atoms with Gasteiger partial charge in [-0.05, 0) is 13.0 Å². The van der Waals surface area contributed by atoms with E-state index in [4.69, 9.17) is 0 Å². The lowest BCUT2D eigenvalue weighted by Gasteiger charge is -2.37. The lowest BCUT2D eigenvalue weighted by atomic mass is 9.88. The summed E-state index contributed by atoms with van der Waals surface area (Å²) in [7, 11) is 0. The van der Waals surface area contributed by atoms with E-state index < -0.39 is 0 Å². The molecule has 0 amide bonds. The lowest BCUT2D eigenvalue weighted by molar-refractivity contribution is -0.116. The maximum absolute atomic E-state index is 11.0. The minimum atomic E-state index is -0.144. The second-order valence-corrected chi connectivity index (χ2v) is 4.84. The highest BCUT2D eigenvalue weighted by atomic mass is 16.1. The Labute approximate surface area is 93.4 Å². The van der Waals surface area contributed by atoms with Crippen LogP contribution in [0.25, 0.3) is 0 Å². The van der Waals surface area contributed by atoms with E-state index in [1.165, 1.54) is 0 Å². The van der Waals surface area contributed by atoms with Gasteiger partial charge in [0.25, 0.3) is 0 Å². The minimum Gasteiger partial charge on any atom is -0.303 e. The van der Waals surface area contributed by atoms with Crippen molar-refractivity contribution in [2.45, 2.75) is 27.2 Å². The van der Waals surface area contributed by atoms with Crippen molar-refractivity contribution in [2.24, 2.45) is 5.41 Å². The highest BCUT2D eigenvalue weighted by molar-refractivity contribution is 5.58. The van der Waals surface area contributed by atoms with Gasteiger partial charge in [-0.15, -0.1) is 0 Å². The molecule has 0 bridgehead atoms. The molecule has 0 aromatic heterocycles. The molecule has 0 spiro atoms. The van der Waals surface area contributed by atoms with E-state index in [-0.39, 0.29) is 5.41 Å². The predicted octanol–water partition coefficient (Wildman–Crippen LogP) is 1.24. The quantitative estimate of drug-likeness (QED) is 0.641. The topological polar surface area (TPSA) is 23.6 Å². The Balaban J connectivity index is 2.37. The summed E-state index contributed by atoms with van der Waals surface area (Å²) < 4.78 is 0. The second kappa shape index (κ2) is 5.61. The summed E-state index contributed by atoms with van der Waals surface area (Å²) in [5, 5.41) is 0. The fraction of sp³-hybridized carbons (Fsp3) is 0.917. The molecule has 0 saturated carbocycles. The van der Waals surface area contributed by atoms with Crippen LogP contribution in [0.1, 0.15) is 27.2 Å². The molecule has 88 valence electrons. The molecule has 1 atom stereocenters. The Morgan fingerprint density at radius 1 is 1.13 bits per heavy atom. The van der Waals surface area contributed by atoms with Crippen molar-refractivity contribution in [3.63, 3.8) is 0 Å². The first-order valence-electron chi connectivity index (χ1n) is 6.04. The summed E-state index contributed by atoms with van der Waals surface area (Å²) in [6, 6.07) is 0. The number of hydrogen-bond acceptors (Lipinski definition) is 3. The van der Waals surface area contributed by atoms with Crippen molar-refractivity contribution in [3.05, 3.63) is 0 Å². The van der Waals surface area contributed by atoms with Crippen LogP contribution < -0.4 is 0 Å². The van der Waals surface area contributed by atoms with Crippen LogP contribution in [-0.2, 0) is 4.79 Å². The first kappa shape index (κ1) is 12.7. The molecule has 1 rings (SSSR count). The van der Waals surface area contributed by atoms with Crippen molar-refractivity contribution in [1.29, 1.82) is 0 Å². The molecule has 0 aliphatic carbocycles. The van der Waals surface area contributed by atoms with Crippen LogP contribution in [0.2, 0.25) is 0 Å². The fourth-order valence-corrected chi connectivity index (χ4v) is 2.01. The molecule has 3 heteroatoms. The van der Waals surface area contributed by atoms with E-state index in [0.717, 1.165) is 52.0 Å². The predicted molar refractivity (Wildman–Crippen MR) is 63.0 cm³/mol. The van der Waals surface area contributed by atoms with E-state index in [9.17, 15) is 4.79 Å². The summed E-state index contributed by atoms with van der Waals surface area (Å²) in [6.07, 6.45) is 2.06. The molecule has 1 unspecified atom stereocenters. The van der Waals surface area contributed by atoms with E-state index in [2.05, 4.69) is 30.6 Å². The summed E-state index contributed by atoms with van der Waals surface area (Å²) in [6.45, 7) is 12.9. The van der Waals surface area contributed by atoms with Gasteiger partial charge in [0.1, 0.15) is 6.29 Å². The van der Waals surface area contributed by atoms with E-state index in [1.54, 1.807) is 0 Å². The molecule has 0 aromatic rings. The number of likely N-dealkylation sites (N-methyl/N-ethyl adjacent to an activating group) is 1. The Kier molecular flexibility index (Phi) is 4.74. The molecule has 1 aliphatic heterocycles. The Hall–Kier alpha value is -0.410. The number of carbonyl (C=O) groups excluding carboxylic acids is 1. The van der Waals surface area contributed by atoms with Crippen LogP contribution >= 0.6 is 0 Å². The molecule has 0 radical (unpaired) electrons. The number of aldehydes is 1. The molecular formula is C12H24N2O. The monoisotopic (exact) mass is 212 g/mol. The maximum Gasteiger partial charge on any atom is 0.127 e. The third-order valence-corrected chi connectivity index (χ3v) is 3.59. The Bertz CT molecular complexity index is 200. The van der Waals surface area contributed by atoms with Crippen molar-refractivity contribution in [3.8, 4) is 0 Å². The second-order valence-electron chi connectivity index (χ2n) is 4.84. The van der Waals surface area contributed by atoms with Gasteiger partial charge < -0.3 is 9.69 Å². The normalized spacial score (nSPS) is 23.7. The zero-order valence-corrected chi connectivity index (χ0v) is 10.3. The number of piperazine rings is 1. The number of rotatable bonds is 5. The largest absolute Gasteiger partial charge is 0.303 e. The SMILES string of the molecule is CCN1CCN(CC(C)(C=O)CC)CC1. The first-order valence-corrected chi connectivity index (χ1v) is 6.04. The highest BCUT2D eigenvalue weighted by Gasteiger charge is 2.26. The fourth-order valence-electron chi connectivity index (χ4n) is 2.01. The molecule has 1 fully saturated rings. The molecule has 15 heavy (non-hydrogen) atoms. The van der Waals surface area contributed by atoms with Gasteiger partial charge in [-0.1, -0.05) is 20.8 Å². The van der Waals surface area contributed by atoms with E-state index >= 15 is 0 Å². The van der Waals surface area contributed by atoms with Gasteiger partial charge in [0.2, 0.25) is 0 Å². The number of hydrogen-bond donors (Lipinski definition) is 0. The van der Waals surface area contributed by atoms with Crippen molar-refractivity contribution in [1.82, 2.24) is 9.80 Å². The van der Waals surface area contributed by atoms with Crippen LogP contribution in [0, 0.1) is 5.41 Å². The van der Waals surface area contributed by atoms with Gasteiger partial charge in [0.05, 0.1) is 0 Å². The van der Waals surface area contributed by atoms with Crippen molar-refractivity contribution >= 4 is 6.29 Å². The Morgan fingerprint density at radius 2 is 1.67 bits per heavy atom. The first-order chi connectivity index (χ1) is 7.13. The number of nitrogens with zero attached hydrogens (tertiary/aromatic N) is 2. The van der Waals surface area contributed by atoms with Crippen molar-refractivity contribution in [2.75, 3.05) is 39.3 Å². The van der Waals surface area contributed by atoms with E-state index in [1.807, 2.05) is 0 Å². The van der Waals surface area contributed by atoms with Gasteiger partial charge in [-0.2, -0.15) is 0 Å². The molecule has 1 heterocycles. The van der Waals surface area contributed by atoms with Crippen LogP contribution in [0.4, 0.5) is 0 Å². The average molecular weight is 212 g/mol. The molecule has 1 saturated heterocycles. The van der Waals surface area contributed by atoms with Crippen LogP contribution in [0.5, 0.6) is 0 Å². The van der Waals surface area contributed by atoms with Crippen LogP contribution in [0.15, 0.2) is 0 Å². The van der Waals surface area contributed by atoms with Gasteiger partial charge in [0, 0.05) is 38.1 Å². The maximum atomic E-state index is 11.0. The summed E-state index contributed by atoms with van der Waals surface area (Å²) in [5.74, 6) is 0. The third kappa shape index (κ3) is 3.58. The zero-order valence-electron chi connectivity index (χ0n) is 10.3. The van der Waals surface area contributed by atoms with E-state index in [0.29, 0.717) is 0 Å². The minimum absolute atomic E-state index is 0.144. The molecule has 0 N–H and O–H groups in total. The van der Waals surface area contributed by atoms with Crippen LogP contribution in [0.3, 0.4) is 0 Å².